The Morgan fingerprint density at radius 3 is 2.16 bits per heavy atom. The summed E-state index contributed by atoms with van der Waals surface area (Å²) in [6.45, 7) is 16.7. The van der Waals surface area contributed by atoms with Gasteiger partial charge in [0.25, 0.3) is 0 Å². The van der Waals surface area contributed by atoms with Gasteiger partial charge in [0.15, 0.2) is 35.3 Å². The van der Waals surface area contributed by atoms with Gasteiger partial charge < -0.3 is 48.7 Å². The van der Waals surface area contributed by atoms with Gasteiger partial charge in [-0.05, 0) is 70.2 Å². The largest absolute Gasteiger partial charge is 0.455 e. The third-order valence-corrected chi connectivity index (χ3v) is 13.4. The number of aliphatic hydroxyl groups excluding tert-OH is 2. The smallest absolute Gasteiger partial charge is 0.407 e. The van der Waals surface area contributed by atoms with Crippen LogP contribution in [0.4, 0.5) is 4.79 Å². The molecule has 62 heavy (non-hydrogen) atoms. The molecule has 3 aliphatic carbocycles. The molecule has 1 aromatic rings. The van der Waals surface area contributed by atoms with Crippen molar-refractivity contribution in [2.24, 2.45) is 28.6 Å². The highest BCUT2D eigenvalue weighted by Gasteiger charge is 2.82. The third-order valence-electron chi connectivity index (χ3n) is 13.4. The first-order chi connectivity index (χ1) is 28.7. The predicted molar refractivity (Wildman–Crippen MR) is 215 cm³/mol. The zero-order valence-corrected chi connectivity index (χ0v) is 37.1. The molecule has 1 aromatic carbocycles. The van der Waals surface area contributed by atoms with Gasteiger partial charge in [-0.1, -0.05) is 45.9 Å². The van der Waals surface area contributed by atoms with Crippen LogP contribution in [0.1, 0.15) is 106 Å². The summed E-state index contributed by atoms with van der Waals surface area (Å²) in [4.78, 5) is 97.7. The number of hydrogen-bond acceptors (Lipinski definition) is 16. The minimum absolute atomic E-state index is 0.0303. The highest BCUT2D eigenvalue weighted by molar-refractivity contribution is 5.96. The number of benzene rings is 1. The van der Waals surface area contributed by atoms with Gasteiger partial charge in [0.2, 0.25) is 0 Å². The highest BCUT2D eigenvalue weighted by Crippen LogP contribution is 2.68. The molecule has 2 heterocycles. The zero-order valence-electron chi connectivity index (χ0n) is 37.1. The van der Waals surface area contributed by atoms with Crippen LogP contribution in [-0.4, -0.2) is 118 Å². The molecule has 340 valence electrons. The van der Waals surface area contributed by atoms with Crippen LogP contribution in [-0.2, 0) is 57.1 Å². The monoisotopic (exact) mass is 869 g/mol. The first-order valence-electron chi connectivity index (χ1n) is 21.0. The van der Waals surface area contributed by atoms with E-state index in [1.54, 1.807) is 52.8 Å². The Labute approximate surface area is 360 Å². The molecule has 2 bridgehead atoms. The summed E-state index contributed by atoms with van der Waals surface area (Å²) in [7, 11) is 0. The van der Waals surface area contributed by atoms with Crippen molar-refractivity contribution in [1.82, 2.24) is 5.32 Å². The minimum atomic E-state index is -2.14. The molecule has 2 saturated carbocycles. The van der Waals surface area contributed by atoms with E-state index in [0.29, 0.717) is 0 Å². The fourth-order valence-corrected chi connectivity index (χ4v) is 10.9. The first-order valence-corrected chi connectivity index (χ1v) is 21.0. The van der Waals surface area contributed by atoms with E-state index in [4.69, 9.17) is 33.2 Å². The molecule has 17 nitrogen and oxygen atoms in total. The van der Waals surface area contributed by atoms with Gasteiger partial charge in [-0.25, -0.2) is 14.4 Å². The lowest BCUT2D eigenvalue weighted by molar-refractivity contribution is -0.347. The topological polar surface area (TPSA) is 237 Å². The number of aliphatic hydroxyl groups is 2. The second-order valence-corrected chi connectivity index (χ2v) is 19.4. The minimum Gasteiger partial charge on any atom is -0.455 e. The number of nitrogens with one attached hydrogen (secondary N) is 1. The molecule has 0 unspecified atom stereocenters. The van der Waals surface area contributed by atoms with Crippen molar-refractivity contribution in [2.45, 2.75) is 155 Å². The Kier molecular flexibility index (Phi) is 12.3. The van der Waals surface area contributed by atoms with Crippen molar-refractivity contribution in [3.63, 3.8) is 0 Å². The highest BCUT2D eigenvalue weighted by atomic mass is 16.6. The van der Waals surface area contributed by atoms with Crippen LogP contribution in [0, 0.1) is 28.6 Å². The third kappa shape index (κ3) is 7.67. The quantitative estimate of drug-likeness (QED) is 0.173. The maximum absolute atomic E-state index is 15.6. The van der Waals surface area contributed by atoms with Crippen molar-refractivity contribution < 1.29 is 76.9 Å². The van der Waals surface area contributed by atoms with E-state index >= 15 is 4.79 Å². The molecule has 5 aliphatic rings. The number of carbonyl (C=O) groups is 7. The van der Waals surface area contributed by atoms with Crippen LogP contribution >= 0.6 is 0 Å². The fraction of sp³-hybridized carbons (Fsp3) is 0.667. The Balaban J connectivity index is 1.61. The molecule has 17 heteroatoms. The number of ketones is 1. The lowest BCUT2D eigenvalue weighted by Crippen LogP contribution is -2.82. The van der Waals surface area contributed by atoms with E-state index < -0.39 is 130 Å². The second kappa shape index (κ2) is 16.4. The van der Waals surface area contributed by atoms with Crippen molar-refractivity contribution in [3.05, 3.63) is 47.0 Å². The number of carbonyl (C=O) groups excluding carboxylic acids is 7. The van der Waals surface area contributed by atoms with E-state index in [0.717, 1.165) is 13.8 Å². The number of alkyl carbamates (subject to hydrolysis) is 1. The average molecular weight is 870 g/mol. The number of amides is 1. The van der Waals surface area contributed by atoms with Gasteiger partial charge >= 0.3 is 35.9 Å². The molecule has 0 radical (unpaired) electrons. The van der Waals surface area contributed by atoms with E-state index in [2.05, 4.69) is 5.32 Å². The Morgan fingerprint density at radius 1 is 0.968 bits per heavy atom. The molecule has 0 aromatic heterocycles. The number of hydrogen-bond donors (Lipinski definition) is 3. The van der Waals surface area contributed by atoms with Crippen LogP contribution in [0.2, 0.25) is 0 Å². The van der Waals surface area contributed by atoms with Gasteiger partial charge in [0.05, 0.1) is 48.0 Å². The SMILES string of the molecule is CC(=O)O[C@H]1C(=O)[C@@]2(C)[C@H]([C@H](OC(=O)c3ccccc3)[C@]34OC(=O)C[C@H]3[C@H](OC(=O)[C@H](O)[C@@H](CC(C)C)NC(=O)OC(C)(C)C)C(C)=C1C4(C)C)[C@]1(OC(C)=O)CO[C@@H]1C[C@@H]2O. The standard InChI is InChI=1S/C45H59NO16/c1-21(2)17-27(46-40(55)62-41(6,7)8)32(51)39(54)58-33-22(3)31-34(57-23(4)47)36(52)43(11)28(49)19-29-44(20-56-29,60-24(5)48)35(43)37(59-38(53)25-15-13-12-14-16-25)45(42(31,9)10)26(33)18-30(50)61-45/h12-16,21,26-29,32-35,37,49,51H,17-20H2,1-11H3,(H,46,55)/t26-,27+,28-,29+,32+,33+,34+,35-,37-,43+,44-,45+/m0/s1. The maximum atomic E-state index is 15.6. The van der Waals surface area contributed by atoms with Gasteiger partial charge in [0.1, 0.15) is 17.8 Å². The van der Waals surface area contributed by atoms with E-state index in [9.17, 15) is 39.0 Å². The zero-order chi connectivity index (χ0) is 46.1. The molecule has 3 N–H and O–H groups in total. The molecule has 4 fully saturated rings. The van der Waals surface area contributed by atoms with E-state index in [1.807, 2.05) is 13.8 Å². The molecule has 12 atom stereocenters. The number of esters is 5. The number of ether oxygens (including phenoxy) is 7. The fourth-order valence-electron chi connectivity index (χ4n) is 10.9. The Morgan fingerprint density at radius 2 is 1.61 bits per heavy atom. The number of Topliss-reactive ketones (excluding diaryl/α,β-unsaturated/α-hetero) is 1. The van der Waals surface area contributed by atoms with E-state index in [-0.39, 0.29) is 42.1 Å². The summed E-state index contributed by atoms with van der Waals surface area (Å²) in [6.07, 6.45) is -11.2. The van der Waals surface area contributed by atoms with Crippen LogP contribution in [0.15, 0.2) is 41.5 Å². The summed E-state index contributed by atoms with van der Waals surface area (Å²) < 4.78 is 42.7. The van der Waals surface area contributed by atoms with Crippen molar-refractivity contribution in [3.8, 4) is 0 Å². The Hall–Kier alpha value is -4.87. The van der Waals surface area contributed by atoms with Crippen LogP contribution in [0.3, 0.4) is 0 Å². The molecule has 6 rings (SSSR count). The Bertz CT molecular complexity index is 2040. The van der Waals surface area contributed by atoms with Gasteiger partial charge in [-0.3, -0.25) is 19.2 Å². The molecule has 2 saturated heterocycles. The summed E-state index contributed by atoms with van der Waals surface area (Å²) in [6, 6.07) is 6.64. The summed E-state index contributed by atoms with van der Waals surface area (Å²) in [5.41, 5.74) is -8.27. The lowest BCUT2D eigenvalue weighted by Gasteiger charge is -2.68. The molecular weight excluding hydrogens is 810 g/mol. The predicted octanol–water partition coefficient (Wildman–Crippen LogP) is 3.68. The summed E-state index contributed by atoms with van der Waals surface area (Å²) in [5.74, 6) is -8.47. The number of rotatable bonds is 10. The average Bonchev–Trinajstić information content (AvgIpc) is 3.52. The van der Waals surface area contributed by atoms with Crippen LogP contribution in [0.5, 0.6) is 0 Å². The second-order valence-electron chi connectivity index (χ2n) is 19.4. The number of fused-ring (bicyclic) bond motifs is 4. The normalized spacial score (nSPS) is 34.3. The van der Waals surface area contributed by atoms with Crippen LogP contribution in [0.25, 0.3) is 0 Å². The summed E-state index contributed by atoms with van der Waals surface area (Å²) in [5, 5.41) is 26.4. The van der Waals surface area contributed by atoms with Gasteiger partial charge in [-0.2, -0.15) is 0 Å². The molecule has 2 aliphatic heterocycles. The van der Waals surface area contributed by atoms with Crippen LogP contribution < -0.4 is 5.32 Å². The van der Waals surface area contributed by atoms with Crippen molar-refractivity contribution >= 4 is 41.7 Å². The lowest BCUT2D eigenvalue weighted by atomic mass is 9.43. The van der Waals surface area contributed by atoms with Crippen molar-refractivity contribution in [1.29, 1.82) is 0 Å². The maximum Gasteiger partial charge on any atom is 0.407 e. The van der Waals surface area contributed by atoms with Gasteiger partial charge in [0, 0.05) is 25.7 Å². The molecule has 1 spiro atoms. The summed E-state index contributed by atoms with van der Waals surface area (Å²) >= 11 is 0. The van der Waals surface area contributed by atoms with Gasteiger partial charge in [-0.15, -0.1) is 0 Å². The van der Waals surface area contributed by atoms with Crippen molar-refractivity contribution in [2.75, 3.05) is 6.61 Å². The molecular formula is C45H59NO16. The van der Waals surface area contributed by atoms with E-state index in [1.165, 1.54) is 26.0 Å². The molecule has 1 amide bonds. The first kappa shape index (κ1) is 46.6.